The summed E-state index contributed by atoms with van der Waals surface area (Å²) < 4.78 is 4.99. The third-order valence-corrected chi connectivity index (χ3v) is 4.57. The van der Waals surface area contributed by atoms with E-state index < -0.39 is 5.91 Å². The first-order valence-corrected chi connectivity index (χ1v) is 9.24. The minimum absolute atomic E-state index is 0.0330. The van der Waals surface area contributed by atoms with Crippen LogP contribution in [0, 0.1) is 0 Å². The van der Waals surface area contributed by atoms with Crippen LogP contribution in [0.15, 0.2) is 53.1 Å². The summed E-state index contributed by atoms with van der Waals surface area (Å²) in [7, 11) is 0. The topological polar surface area (TPSA) is 94.9 Å². The zero-order valence-corrected chi connectivity index (χ0v) is 15.6. The van der Waals surface area contributed by atoms with Gasteiger partial charge in [0, 0.05) is 32.7 Å². The first-order chi connectivity index (χ1) is 13.6. The Kier molecular flexibility index (Phi) is 6.80. The van der Waals surface area contributed by atoms with E-state index in [1.165, 1.54) is 6.26 Å². The van der Waals surface area contributed by atoms with Crippen molar-refractivity contribution in [2.24, 2.45) is 0 Å². The summed E-state index contributed by atoms with van der Waals surface area (Å²) in [6, 6.07) is 12.9. The molecule has 1 aromatic carbocycles. The molecule has 0 atom stereocenters. The number of rotatable bonds is 7. The van der Waals surface area contributed by atoms with E-state index in [0.29, 0.717) is 39.3 Å². The third-order valence-electron chi connectivity index (χ3n) is 4.57. The number of piperazine rings is 1. The predicted molar refractivity (Wildman–Crippen MR) is 102 cm³/mol. The second-order valence-electron chi connectivity index (χ2n) is 6.58. The summed E-state index contributed by atoms with van der Waals surface area (Å²) in [6.07, 6.45) is 1.41. The van der Waals surface area contributed by atoms with Crippen molar-refractivity contribution < 1.29 is 18.8 Å². The van der Waals surface area contributed by atoms with Crippen molar-refractivity contribution in [3.8, 4) is 0 Å². The average molecular weight is 384 g/mol. The van der Waals surface area contributed by atoms with Crippen LogP contribution in [0.25, 0.3) is 0 Å². The van der Waals surface area contributed by atoms with Gasteiger partial charge in [0.15, 0.2) is 5.76 Å². The average Bonchev–Trinajstić information content (AvgIpc) is 3.26. The van der Waals surface area contributed by atoms with Crippen LogP contribution in [0.2, 0.25) is 0 Å². The van der Waals surface area contributed by atoms with Crippen LogP contribution in [-0.4, -0.2) is 66.8 Å². The number of amides is 3. The molecule has 0 aliphatic carbocycles. The van der Waals surface area contributed by atoms with Crippen molar-refractivity contribution in [3.05, 3.63) is 60.1 Å². The molecule has 0 spiro atoms. The number of furan rings is 1. The van der Waals surface area contributed by atoms with Crippen molar-refractivity contribution in [2.45, 2.75) is 6.54 Å². The molecule has 1 fully saturated rings. The van der Waals surface area contributed by atoms with Crippen molar-refractivity contribution in [1.29, 1.82) is 0 Å². The van der Waals surface area contributed by atoms with Gasteiger partial charge in [0.1, 0.15) is 0 Å². The van der Waals surface area contributed by atoms with E-state index in [4.69, 9.17) is 4.42 Å². The van der Waals surface area contributed by atoms with Gasteiger partial charge in [-0.3, -0.25) is 19.3 Å². The minimum atomic E-state index is -0.410. The molecular formula is C20H24N4O4. The van der Waals surface area contributed by atoms with Gasteiger partial charge in [0.25, 0.3) is 5.91 Å². The Bertz CT molecular complexity index is 784. The van der Waals surface area contributed by atoms with Crippen molar-refractivity contribution in [2.75, 3.05) is 39.3 Å². The lowest BCUT2D eigenvalue weighted by molar-refractivity contribution is -0.132. The van der Waals surface area contributed by atoms with E-state index in [1.54, 1.807) is 17.0 Å². The van der Waals surface area contributed by atoms with Crippen LogP contribution in [0.3, 0.4) is 0 Å². The van der Waals surface area contributed by atoms with Crippen LogP contribution >= 0.6 is 0 Å². The maximum absolute atomic E-state index is 12.2. The Morgan fingerprint density at radius 1 is 0.929 bits per heavy atom. The number of benzene rings is 1. The Morgan fingerprint density at radius 3 is 2.36 bits per heavy atom. The highest BCUT2D eigenvalue weighted by Crippen LogP contribution is 2.03. The molecule has 0 radical (unpaired) electrons. The molecule has 2 aromatic rings. The molecule has 3 amide bonds. The largest absolute Gasteiger partial charge is 0.459 e. The summed E-state index contributed by atoms with van der Waals surface area (Å²) in [6.45, 7) is 3.05. The van der Waals surface area contributed by atoms with Gasteiger partial charge in [-0.25, -0.2) is 0 Å². The zero-order valence-electron chi connectivity index (χ0n) is 15.6. The second kappa shape index (κ2) is 9.70. The number of hydrogen-bond donors (Lipinski definition) is 2. The Hall–Kier alpha value is -3.13. The maximum Gasteiger partial charge on any atom is 0.287 e. The molecule has 0 unspecified atom stereocenters. The van der Waals surface area contributed by atoms with Gasteiger partial charge < -0.3 is 20.0 Å². The quantitative estimate of drug-likeness (QED) is 0.724. The third kappa shape index (κ3) is 5.68. The summed E-state index contributed by atoms with van der Waals surface area (Å²) >= 11 is 0. The fourth-order valence-electron chi connectivity index (χ4n) is 2.97. The molecule has 2 heterocycles. The highest BCUT2D eigenvalue weighted by Gasteiger charge is 2.23. The highest BCUT2D eigenvalue weighted by molar-refractivity contribution is 5.94. The molecule has 8 heteroatoms. The Labute approximate surface area is 163 Å². The highest BCUT2D eigenvalue weighted by atomic mass is 16.3. The van der Waals surface area contributed by atoms with Crippen LogP contribution in [0.1, 0.15) is 16.1 Å². The first-order valence-electron chi connectivity index (χ1n) is 9.24. The number of nitrogens with zero attached hydrogens (tertiary/aromatic N) is 2. The van der Waals surface area contributed by atoms with E-state index in [1.807, 2.05) is 35.2 Å². The lowest BCUT2D eigenvalue weighted by atomic mass is 10.2. The molecule has 1 aromatic heterocycles. The van der Waals surface area contributed by atoms with E-state index in [2.05, 4.69) is 10.6 Å². The predicted octanol–water partition coefficient (Wildman–Crippen LogP) is 0.470. The SMILES string of the molecule is O=C(CN1CCN(C(=O)CNC(=O)c2ccco2)CC1)NCc1ccccc1. The molecule has 3 rings (SSSR count). The van der Waals surface area contributed by atoms with E-state index in [9.17, 15) is 14.4 Å². The molecule has 1 saturated heterocycles. The number of carbonyl (C=O) groups is 3. The fraction of sp³-hybridized carbons (Fsp3) is 0.350. The van der Waals surface area contributed by atoms with E-state index >= 15 is 0 Å². The standard InChI is InChI=1S/C20H24N4O4/c25-18(21-13-16-5-2-1-3-6-16)15-23-8-10-24(11-9-23)19(26)14-22-20(27)17-7-4-12-28-17/h1-7,12H,8-11,13-15H2,(H,21,25)(H,22,27). The van der Waals surface area contributed by atoms with Gasteiger partial charge in [0.05, 0.1) is 19.4 Å². The second-order valence-corrected chi connectivity index (χ2v) is 6.58. The maximum atomic E-state index is 12.2. The van der Waals surface area contributed by atoms with Crippen molar-refractivity contribution in [1.82, 2.24) is 20.4 Å². The van der Waals surface area contributed by atoms with E-state index in [-0.39, 0.29) is 24.1 Å². The summed E-state index contributed by atoms with van der Waals surface area (Å²) in [4.78, 5) is 39.9. The van der Waals surface area contributed by atoms with E-state index in [0.717, 1.165) is 5.56 Å². The number of nitrogens with one attached hydrogen (secondary N) is 2. The lowest BCUT2D eigenvalue weighted by Gasteiger charge is -2.34. The molecule has 0 bridgehead atoms. The van der Waals surface area contributed by atoms with Gasteiger partial charge in [-0.1, -0.05) is 30.3 Å². The van der Waals surface area contributed by atoms with Crippen LogP contribution in [0.4, 0.5) is 0 Å². The zero-order chi connectivity index (χ0) is 19.8. The molecule has 2 N–H and O–H groups in total. The van der Waals surface area contributed by atoms with Gasteiger partial charge in [-0.15, -0.1) is 0 Å². The monoisotopic (exact) mass is 384 g/mol. The van der Waals surface area contributed by atoms with Gasteiger partial charge in [0.2, 0.25) is 11.8 Å². The first kappa shape index (κ1) is 19.6. The molecule has 0 saturated carbocycles. The molecule has 1 aliphatic rings. The van der Waals surface area contributed by atoms with Crippen molar-refractivity contribution >= 4 is 17.7 Å². The van der Waals surface area contributed by atoms with Crippen molar-refractivity contribution in [3.63, 3.8) is 0 Å². The Balaban J connectivity index is 1.34. The number of carbonyl (C=O) groups excluding carboxylic acids is 3. The van der Waals surface area contributed by atoms with Gasteiger partial charge >= 0.3 is 0 Å². The normalized spacial score (nSPS) is 14.5. The molecule has 28 heavy (non-hydrogen) atoms. The summed E-state index contributed by atoms with van der Waals surface area (Å²) in [5.74, 6) is -0.409. The molecule has 8 nitrogen and oxygen atoms in total. The Morgan fingerprint density at radius 2 is 1.68 bits per heavy atom. The molecular weight excluding hydrogens is 360 g/mol. The van der Waals surface area contributed by atoms with Crippen LogP contribution in [-0.2, 0) is 16.1 Å². The molecule has 148 valence electrons. The smallest absolute Gasteiger partial charge is 0.287 e. The van der Waals surface area contributed by atoms with Crippen LogP contribution < -0.4 is 10.6 Å². The minimum Gasteiger partial charge on any atom is -0.459 e. The van der Waals surface area contributed by atoms with Gasteiger partial charge in [-0.2, -0.15) is 0 Å². The van der Waals surface area contributed by atoms with Crippen LogP contribution in [0.5, 0.6) is 0 Å². The molecule has 1 aliphatic heterocycles. The summed E-state index contributed by atoms with van der Waals surface area (Å²) in [5, 5.41) is 5.47. The number of hydrogen-bond acceptors (Lipinski definition) is 5. The lowest BCUT2D eigenvalue weighted by Crippen LogP contribution is -2.52. The summed E-state index contributed by atoms with van der Waals surface area (Å²) in [5.41, 5.74) is 1.06. The van der Waals surface area contributed by atoms with Gasteiger partial charge in [-0.05, 0) is 17.7 Å². The fourth-order valence-corrected chi connectivity index (χ4v) is 2.97.